The fraction of sp³-hybridized carbons (Fsp3) is 0.0500. The lowest BCUT2D eigenvalue weighted by Gasteiger charge is -2.21. The first-order valence-corrected chi connectivity index (χ1v) is 22.3. The molecule has 0 radical (unpaired) electrons. The minimum Gasteiger partial charge on any atom is -0.307 e. The quantitative estimate of drug-likeness (QED) is 0.168. The third-order valence-corrected chi connectivity index (χ3v) is 13.6. The molecule has 5 nitrogen and oxygen atoms in total. The summed E-state index contributed by atoms with van der Waals surface area (Å²) in [5.74, 6) is 1.82. The second kappa shape index (κ2) is 14.3. The molecule has 1 aliphatic rings. The number of hydrogen-bond acceptors (Lipinski definition) is 3. The molecule has 12 aromatic rings. The molecule has 0 spiro atoms. The highest BCUT2D eigenvalue weighted by molar-refractivity contribution is 6.24. The Labute approximate surface area is 376 Å². The van der Waals surface area contributed by atoms with Crippen LogP contribution in [-0.4, -0.2) is 24.1 Å². The Bertz CT molecular complexity index is 3840. The van der Waals surface area contributed by atoms with E-state index in [2.05, 4.69) is 217 Å². The van der Waals surface area contributed by atoms with Crippen molar-refractivity contribution in [3.05, 3.63) is 223 Å². The van der Waals surface area contributed by atoms with Crippen molar-refractivity contribution in [1.82, 2.24) is 24.1 Å². The Morgan fingerprint density at radius 2 is 0.831 bits per heavy atom. The molecule has 0 unspecified atom stereocenters. The van der Waals surface area contributed by atoms with Crippen molar-refractivity contribution in [1.29, 1.82) is 0 Å². The normalized spacial score (nSPS) is 12.9. The number of hydrogen-bond donors (Lipinski definition) is 0. The smallest absolute Gasteiger partial charge is 0.238 e. The lowest BCUT2D eigenvalue weighted by atomic mass is 9.82. The minimum absolute atomic E-state index is 0.174. The van der Waals surface area contributed by atoms with Gasteiger partial charge in [0, 0.05) is 43.7 Å². The summed E-state index contributed by atoms with van der Waals surface area (Å²) in [7, 11) is 0. The minimum atomic E-state index is -0.174. The molecule has 13 rings (SSSR count). The molecular formula is C60H41N5. The maximum absolute atomic E-state index is 5.49. The lowest BCUT2D eigenvalue weighted by Crippen LogP contribution is -2.15. The van der Waals surface area contributed by atoms with Crippen molar-refractivity contribution in [2.45, 2.75) is 19.3 Å². The summed E-state index contributed by atoms with van der Waals surface area (Å²) >= 11 is 0. The third kappa shape index (κ3) is 5.68. The highest BCUT2D eigenvalue weighted by atomic mass is 15.2. The third-order valence-electron chi connectivity index (χ3n) is 13.6. The zero-order valence-electron chi connectivity index (χ0n) is 35.9. The molecule has 0 bridgehead atoms. The molecular weight excluding hydrogens is 791 g/mol. The summed E-state index contributed by atoms with van der Waals surface area (Å²) in [6, 6.07) is 76.1. The van der Waals surface area contributed by atoms with Crippen molar-refractivity contribution in [2.75, 3.05) is 0 Å². The summed E-state index contributed by atoms with van der Waals surface area (Å²) in [5, 5.41) is 4.59. The van der Waals surface area contributed by atoms with E-state index in [1.165, 1.54) is 38.8 Å². The molecule has 9 aromatic carbocycles. The van der Waals surface area contributed by atoms with E-state index in [1.807, 2.05) is 18.2 Å². The molecule has 3 heterocycles. The number of aromatic nitrogens is 5. The van der Waals surface area contributed by atoms with E-state index in [0.717, 1.165) is 66.2 Å². The van der Waals surface area contributed by atoms with E-state index in [9.17, 15) is 0 Å². The van der Waals surface area contributed by atoms with Crippen molar-refractivity contribution in [2.24, 2.45) is 0 Å². The summed E-state index contributed by atoms with van der Waals surface area (Å²) < 4.78 is 4.74. The van der Waals surface area contributed by atoms with Crippen LogP contribution in [0.2, 0.25) is 0 Å². The predicted octanol–water partition coefficient (Wildman–Crippen LogP) is 15.0. The molecule has 306 valence electrons. The summed E-state index contributed by atoms with van der Waals surface area (Å²) in [6.07, 6.45) is 0. The molecule has 5 heteroatoms. The van der Waals surface area contributed by atoms with Gasteiger partial charge in [-0.2, -0.15) is 9.97 Å². The maximum Gasteiger partial charge on any atom is 0.238 e. The summed E-state index contributed by atoms with van der Waals surface area (Å²) in [6.45, 7) is 4.63. The van der Waals surface area contributed by atoms with Gasteiger partial charge in [-0.05, 0) is 63.2 Å². The maximum atomic E-state index is 5.49. The van der Waals surface area contributed by atoms with Crippen LogP contribution in [-0.2, 0) is 5.41 Å². The Balaban J connectivity index is 1.09. The molecule has 0 fully saturated rings. The van der Waals surface area contributed by atoms with Crippen LogP contribution in [0.25, 0.3) is 111 Å². The molecule has 0 saturated heterocycles. The number of para-hydroxylation sites is 3. The van der Waals surface area contributed by atoms with Crippen molar-refractivity contribution >= 4 is 43.6 Å². The molecule has 0 N–H and O–H groups in total. The van der Waals surface area contributed by atoms with E-state index in [1.54, 1.807) is 0 Å². The fourth-order valence-electron chi connectivity index (χ4n) is 10.5. The van der Waals surface area contributed by atoms with Crippen LogP contribution in [0.1, 0.15) is 25.0 Å². The molecule has 0 aliphatic heterocycles. The van der Waals surface area contributed by atoms with Gasteiger partial charge in [0.05, 0.1) is 27.8 Å². The number of nitrogens with zero attached hydrogens (tertiary/aromatic N) is 5. The first-order chi connectivity index (χ1) is 32.0. The average Bonchev–Trinajstić information content (AvgIpc) is 3.97. The first-order valence-electron chi connectivity index (χ1n) is 22.3. The van der Waals surface area contributed by atoms with Gasteiger partial charge in [0.15, 0.2) is 11.6 Å². The largest absolute Gasteiger partial charge is 0.307 e. The van der Waals surface area contributed by atoms with Crippen LogP contribution in [0.3, 0.4) is 0 Å². The summed E-state index contributed by atoms with van der Waals surface area (Å²) in [5.41, 5.74) is 16.9. The van der Waals surface area contributed by atoms with Gasteiger partial charge < -0.3 is 4.57 Å². The predicted molar refractivity (Wildman–Crippen MR) is 268 cm³/mol. The van der Waals surface area contributed by atoms with Gasteiger partial charge in [-0.1, -0.05) is 202 Å². The van der Waals surface area contributed by atoms with E-state index in [0.29, 0.717) is 17.6 Å². The first kappa shape index (κ1) is 37.2. The van der Waals surface area contributed by atoms with Crippen LogP contribution in [0.15, 0.2) is 212 Å². The summed E-state index contributed by atoms with van der Waals surface area (Å²) in [4.78, 5) is 16.1. The van der Waals surface area contributed by atoms with Crippen LogP contribution < -0.4 is 0 Å². The van der Waals surface area contributed by atoms with Crippen LogP contribution >= 0.6 is 0 Å². The van der Waals surface area contributed by atoms with Gasteiger partial charge in [-0.3, -0.25) is 4.57 Å². The molecule has 0 saturated carbocycles. The SMILES string of the molecule is CC1(C)c2ccccc2-c2ccc(-c3nc(-c4ccccc4)nc(-n4c5ccccc5c5ccc6c7ccccc7n(-c7ccccc7-c7ccc(-c8ccccc8)cc7)c6c54)n3)cc21. The topological polar surface area (TPSA) is 48.5 Å². The molecule has 3 aromatic heterocycles. The van der Waals surface area contributed by atoms with Gasteiger partial charge in [0.2, 0.25) is 5.95 Å². The fourth-order valence-corrected chi connectivity index (χ4v) is 10.5. The van der Waals surface area contributed by atoms with E-state index in [-0.39, 0.29) is 5.41 Å². The second-order valence-corrected chi connectivity index (χ2v) is 17.6. The monoisotopic (exact) mass is 831 g/mol. The van der Waals surface area contributed by atoms with E-state index < -0.39 is 0 Å². The van der Waals surface area contributed by atoms with Crippen LogP contribution in [0.5, 0.6) is 0 Å². The zero-order chi connectivity index (χ0) is 43.2. The van der Waals surface area contributed by atoms with Crippen LogP contribution in [0, 0.1) is 0 Å². The van der Waals surface area contributed by atoms with Gasteiger partial charge in [-0.15, -0.1) is 0 Å². The molecule has 0 atom stereocenters. The van der Waals surface area contributed by atoms with E-state index >= 15 is 0 Å². The standard InChI is InChI=1S/C60H41N5/c1-60(2)50-25-13-9-22-44(50)45-34-33-42(37-51(45)60)58-61-57(41-19-7-4-8-20-41)62-59(63-58)65-54-28-16-12-24-47(54)49-36-35-48-46-23-11-15-27-53(46)64(55(48)56(49)65)52-26-14-10-21-43(52)40-31-29-39(30-32-40)38-17-5-3-6-18-38/h3-37H,1-2H3. The molecule has 0 amide bonds. The van der Waals surface area contributed by atoms with E-state index in [4.69, 9.17) is 15.0 Å². The average molecular weight is 832 g/mol. The highest BCUT2D eigenvalue weighted by Gasteiger charge is 2.35. The number of fused-ring (bicyclic) bond motifs is 10. The zero-order valence-corrected chi connectivity index (χ0v) is 35.9. The van der Waals surface area contributed by atoms with Crippen molar-refractivity contribution in [3.8, 4) is 67.8 Å². The second-order valence-electron chi connectivity index (χ2n) is 17.6. The Morgan fingerprint density at radius 1 is 0.338 bits per heavy atom. The van der Waals surface area contributed by atoms with Gasteiger partial charge in [0.1, 0.15) is 0 Å². The van der Waals surface area contributed by atoms with Crippen molar-refractivity contribution in [3.63, 3.8) is 0 Å². The van der Waals surface area contributed by atoms with Gasteiger partial charge in [-0.25, -0.2) is 4.98 Å². The Kier molecular flexibility index (Phi) is 8.18. The van der Waals surface area contributed by atoms with Gasteiger partial charge >= 0.3 is 0 Å². The van der Waals surface area contributed by atoms with Crippen molar-refractivity contribution < 1.29 is 0 Å². The Morgan fingerprint density at radius 3 is 1.54 bits per heavy atom. The number of benzene rings is 9. The molecule has 1 aliphatic carbocycles. The van der Waals surface area contributed by atoms with Crippen LogP contribution in [0.4, 0.5) is 0 Å². The molecule has 65 heavy (non-hydrogen) atoms. The highest BCUT2D eigenvalue weighted by Crippen LogP contribution is 2.50. The lowest BCUT2D eigenvalue weighted by molar-refractivity contribution is 0.660. The van der Waals surface area contributed by atoms with Gasteiger partial charge in [0.25, 0.3) is 0 Å². The number of rotatable bonds is 6. The Hall–Kier alpha value is -8.41.